The quantitative estimate of drug-likeness (QED) is 0.0851. The standard InChI is InChI=1S/C40H45N5O4/c1-2-31-33-12-6-13-34-35(14-7-24-49-37-15-5-10-28-9-3-4-11-32(28)37)39(40(46)47)45(38(33)34)21-8-20-44(27-36(31)42-41)30-18-16-29(17-19-30)43-22-25-48-26-23-43/h3-6,9-13,15-19,42H,2,7-8,14,20-27,41H2,1H3,(H,46,47)/b36-31+. The van der Waals surface area contributed by atoms with E-state index in [0.29, 0.717) is 38.2 Å². The Labute approximate surface area is 287 Å². The van der Waals surface area contributed by atoms with Crippen molar-refractivity contribution in [1.29, 1.82) is 0 Å². The Bertz CT molecular complexity index is 1970. The Balaban J connectivity index is 1.20. The number of aryl methyl sites for hydroxylation is 2. The van der Waals surface area contributed by atoms with Crippen molar-refractivity contribution in [2.75, 3.05) is 55.8 Å². The van der Waals surface area contributed by atoms with E-state index in [9.17, 15) is 9.90 Å². The van der Waals surface area contributed by atoms with Crippen molar-refractivity contribution in [3.63, 3.8) is 0 Å². The van der Waals surface area contributed by atoms with Crippen LogP contribution in [-0.4, -0.2) is 61.6 Å². The summed E-state index contributed by atoms with van der Waals surface area (Å²) in [6.07, 6.45) is 2.79. The minimum Gasteiger partial charge on any atom is -0.493 e. The van der Waals surface area contributed by atoms with E-state index in [-0.39, 0.29) is 0 Å². The first-order chi connectivity index (χ1) is 24.1. The average molecular weight is 660 g/mol. The number of carboxylic acids is 1. The molecule has 3 heterocycles. The predicted octanol–water partition coefficient (Wildman–Crippen LogP) is 6.84. The monoisotopic (exact) mass is 659 g/mol. The largest absolute Gasteiger partial charge is 0.493 e. The van der Waals surface area contributed by atoms with Crippen molar-refractivity contribution >= 4 is 44.6 Å². The fraction of sp³-hybridized carbons (Fsp3) is 0.325. The molecular weight excluding hydrogens is 614 g/mol. The highest BCUT2D eigenvalue weighted by atomic mass is 16.5. The number of nitrogens with zero attached hydrogens (tertiary/aromatic N) is 3. The SMILES string of the molecule is CC/C1=C(\NN)CN(c2ccc(N3CCOCC3)cc2)CCCn2c(C(=O)O)c(CCCOc3cccc4ccccc34)c3cccc1c32. The summed E-state index contributed by atoms with van der Waals surface area (Å²) in [5.74, 6) is 6.21. The number of para-hydroxylation sites is 1. The van der Waals surface area contributed by atoms with Crippen molar-refractivity contribution in [2.45, 2.75) is 39.2 Å². The molecule has 9 nitrogen and oxygen atoms in total. The van der Waals surface area contributed by atoms with Crippen LogP contribution in [0.2, 0.25) is 0 Å². The summed E-state index contributed by atoms with van der Waals surface area (Å²) < 4.78 is 13.8. The van der Waals surface area contributed by atoms with Crippen molar-refractivity contribution < 1.29 is 19.4 Å². The zero-order chi connectivity index (χ0) is 33.7. The van der Waals surface area contributed by atoms with Crippen LogP contribution in [-0.2, 0) is 17.7 Å². The van der Waals surface area contributed by atoms with Crippen molar-refractivity contribution in [3.8, 4) is 5.75 Å². The van der Waals surface area contributed by atoms with Gasteiger partial charge in [0.15, 0.2) is 0 Å². The molecule has 1 saturated heterocycles. The average Bonchev–Trinajstić information content (AvgIpc) is 3.47. The molecule has 0 atom stereocenters. The van der Waals surface area contributed by atoms with Gasteiger partial charge >= 0.3 is 5.97 Å². The molecule has 9 heteroatoms. The topological polar surface area (TPSA) is 105 Å². The van der Waals surface area contributed by atoms with Crippen LogP contribution in [0.4, 0.5) is 11.4 Å². The van der Waals surface area contributed by atoms with E-state index >= 15 is 0 Å². The van der Waals surface area contributed by atoms with E-state index in [0.717, 1.165) is 101 Å². The second kappa shape index (κ2) is 14.6. The number of aromatic nitrogens is 1. The predicted molar refractivity (Wildman–Crippen MR) is 197 cm³/mol. The van der Waals surface area contributed by atoms with Crippen LogP contribution in [0.3, 0.4) is 0 Å². The fourth-order valence-corrected chi connectivity index (χ4v) is 7.60. The van der Waals surface area contributed by atoms with Gasteiger partial charge in [0.2, 0.25) is 0 Å². The summed E-state index contributed by atoms with van der Waals surface area (Å²) in [4.78, 5) is 17.8. The maximum absolute atomic E-state index is 13.1. The number of fused-ring (bicyclic) bond motifs is 1. The first-order valence-corrected chi connectivity index (χ1v) is 17.4. The highest BCUT2D eigenvalue weighted by molar-refractivity contribution is 6.02. The number of anilines is 2. The molecule has 0 bridgehead atoms. The Kier molecular flexibility index (Phi) is 9.72. The van der Waals surface area contributed by atoms with E-state index in [2.05, 4.69) is 76.7 Å². The summed E-state index contributed by atoms with van der Waals surface area (Å²) >= 11 is 0. The van der Waals surface area contributed by atoms with Gasteiger partial charge in [-0.05, 0) is 72.5 Å². The number of nitrogens with one attached hydrogen (secondary N) is 1. The molecule has 0 radical (unpaired) electrons. The lowest BCUT2D eigenvalue weighted by molar-refractivity contribution is 0.0684. The molecule has 4 N–H and O–H groups in total. The molecular formula is C40H45N5O4. The highest BCUT2D eigenvalue weighted by Crippen LogP contribution is 2.37. The molecule has 1 fully saturated rings. The van der Waals surface area contributed by atoms with Crippen LogP contribution in [0.5, 0.6) is 5.75 Å². The summed E-state index contributed by atoms with van der Waals surface area (Å²) in [7, 11) is 0. The maximum Gasteiger partial charge on any atom is 0.352 e. The van der Waals surface area contributed by atoms with Crippen LogP contribution >= 0.6 is 0 Å². The molecule has 0 saturated carbocycles. The third-order valence-corrected chi connectivity index (χ3v) is 9.93. The maximum atomic E-state index is 13.1. The lowest BCUT2D eigenvalue weighted by Gasteiger charge is -2.31. The first kappa shape index (κ1) is 32.6. The zero-order valence-corrected chi connectivity index (χ0v) is 28.2. The molecule has 1 aromatic heterocycles. The van der Waals surface area contributed by atoms with Crippen LogP contribution < -0.4 is 25.8 Å². The highest BCUT2D eigenvalue weighted by Gasteiger charge is 2.27. The number of allylic oxidation sites excluding steroid dienone is 1. The smallest absolute Gasteiger partial charge is 0.352 e. The van der Waals surface area contributed by atoms with Crippen molar-refractivity contribution in [1.82, 2.24) is 9.99 Å². The van der Waals surface area contributed by atoms with Gasteiger partial charge in [0, 0.05) is 59.6 Å². The van der Waals surface area contributed by atoms with Gasteiger partial charge in [-0.3, -0.25) is 5.84 Å². The molecule has 49 heavy (non-hydrogen) atoms. The number of carbonyl (C=O) groups is 1. The Morgan fingerprint density at radius 3 is 2.35 bits per heavy atom. The van der Waals surface area contributed by atoms with Gasteiger partial charge in [0.1, 0.15) is 11.4 Å². The lowest BCUT2D eigenvalue weighted by atomic mass is 9.96. The van der Waals surface area contributed by atoms with Crippen LogP contribution in [0.15, 0.2) is 90.6 Å². The third-order valence-electron chi connectivity index (χ3n) is 9.93. The molecule has 0 amide bonds. The van der Waals surface area contributed by atoms with Gasteiger partial charge in [0.05, 0.1) is 31.9 Å². The molecule has 5 aromatic rings. The second-order valence-corrected chi connectivity index (χ2v) is 12.8. The number of hydrazine groups is 1. The van der Waals surface area contributed by atoms with E-state index in [1.165, 1.54) is 5.69 Å². The van der Waals surface area contributed by atoms with Crippen molar-refractivity contribution in [3.05, 3.63) is 107 Å². The molecule has 2 aliphatic heterocycles. The van der Waals surface area contributed by atoms with E-state index < -0.39 is 5.97 Å². The minimum atomic E-state index is -0.904. The Hall–Kier alpha value is -4.99. The summed E-state index contributed by atoms with van der Waals surface area (Å²) in [5, 5.41) is 13.9. The zero-order valence-electron chi connectivity index (χ0n) is 28.2. The number of aromatic carboxylic acids is 1. The molecule has 4 aromatic carbocycles. The molecule has 0 unspecified atom stereocenters. The Morgan fingerprint density at radius 1 is 0.878 bits per heavy atom. The van der Waals surface area contributed by atoms with Crippen LogP contribution in [0, 0.1) is 0 Å². The second-order valence-electron chi connectivity index (χ2n) is 12.8. The van der Waals surface area contributed by atoms with Gasteiger partial charge < -0.3 is 34.4 Å². The van der Waals surface area contributed by atoms with Gasteiger partial charge in [-0.15, -0.1) is 0 Å². The number of morpholine rings is 1. The van der Waals surface area contributed by atoms with Crippen LogP contribution in [0.1, 0.15) is 47.8 Å². The molecule has 2 aliphatic rings. The number of hydrogen-bond donors (Lipinski definition) is 3. The summed E-state index contributed by atoms with van der Waals surface area (Å²) in [6, 6.07) is 29.2. The van der Waals surface area contributed by atoms with E-state index in [4.69, 9.17) is 15.3 Å². The number of rotatable bonds is 10. The van der Waals surface area contributed by atoms with Crippen molar-refractivity contribution in [2.24, 2.45) is 5.84 Å². The molecule has 254 valence electrons. The number of hydrogen-bond acceptors (Lipinski definition) is 7. The normalized spacial score (nSPS) is 17.0. The third kappa shape index (κ3) is 6.56. The fourth-order valence-electron chi connectivity index (χ4n) is 7.60. The van der Waals surface area contributed by atoms with E-state index in [1.54, 1.807) is 0 Å². The van der Waals surface area contributed by atoms with E-state index in [1.807, 2.05) is 34.9 Å². The molecule has 0 spiro atoms. The van der Waals surface area contributed by atoms with Gasteiger partial charge in [-0.25, -0.2) is 4.79 Å². The van der Waals surface area contributed by atoms with Crippen LogP contribution in [0.25, 0.3) is 27.2 Å². The minimum absolute atomic E-state index is 0.368. The molecule has 0 aliphatic carbocycles. The molecule has 7 rings (SSSR count). The van der Waals surface area contributed by atoms with Gasteiger partial charge in [0.25, 0.3) is 0 Å². The number of ether oxygens (including phenoxy) is 2. The first-order valence-electron chi connectivity index (χ1n) is 17.4. The van der Waals surface area contributed by atoms with Gasteiger partial charge in [-0.1, -0.05) is 61.5 Å². The number of benzene rings is 4. The number of carboxylic acid groups (broad SMARTS) is 1. The summed E-state index contributed by atoms with van der Waals surface area (Å²) in [5.41, 5.74) is 10.6. The number of nitrogens with two attached hydrogens (primary N) is 1. The Morgan fingerprint density at radius 2 is 1.59 bits per heavy atom. The lowest BCUT2D eigenvalue weighted by Crippen LogP contribution is -2.36. The van der Waals surface area contributed by atoms with Gasteiger partial charge in [-0.2, -0.15) is 0 Å². The summed E-state index contributed by atoms with van der Waals surface area (Å²) in [6.45, 7) is 7.85.